The Bertz CT molecular complexity index is 932. The largest absolute Gasteiger partial charge is 0.508 e. The molecule has 0 bridgehead atoms. The minimum Gasteiger partial charge on any atom is -0.508 e. The predicted octanol–water partition coefficient (Wildman–Crippen LogP) is 3.15. The lowest BCUT2D eigenvalue weighted by atomic mass is 9.64. The van der Waals surface area contributed by atoms with Crippen LogP contribution in [0.25, 0.3) is 0 Å². The van der Waals surface area contributed by atoms with Crippen molar-refractivity contribution in [3.8, 4) is 11.5 Å². The van der Waals surface area contributed by atoms with Gasteiger partial charge in [0.1, 0.15) is 23.6 Å². The Morgan fingerprint density at radius 3 is 2.83 bits per heavy atom. The molecule has 1 amide bonds. The number of hydrogen-bond donors (Lipinski definition) is 1. The molecule has 3 aliphatic rings. The molecule has 0 radical (unpaired) electrons. The van der Waals surface area contributed by atoms with Crippen LogP contribution in [0.3, 0.4) is 0 Å². The summed E-state index contributed by atoms with van der Waals surface area (Å²) in [6.45, 7) is 6.74. The van der Waals surface area contributed by atoms with Crippen LogP contribution in [0, 0.1) is 11.3 Å². The van der Waals surface area contributed by atoms with E-state index in [1.54, 1.807) is 23.0 Å². The van der Waals surface area contributed by atoms with Crippen LogP contribution >= 0.6 is 0 Å². The fraction of sp³-hybridized carbons (Fsp3) is 0.565. The molecule has 2 saturated heterocycles. The highest BCUT2D eigenvalue weighted by molar-refractivity contribution is 5.76. The van der Waals surface area contributed by atoms with Crippen LogP contribution in [0.4, 0.5) is 0 Å². The summed E-state index contributed by atoms with van der Waals surface area (Å²) in [7, 11) is 0. The fourth-order valence-electron chi connectivity index (χ4n) is 5.35. The van der Waals surface area contributed by atoms with Gasteiger partial charge in [-0.3, -0.25) is 9.48 Å². The number of hydrogen-bond acceptors (Lipinski definition) is 5. The summed E-state index contributed by atoms with van der Waals surface area (Å²) in [5.74, 6) is 1.28. The standard InChI is InChI=1S/C23H29N3O4/c1-22(2)18-13-23(15-29-21(18)17-5-4-16(27)12-19(17)30-22)6-10-25(11-7-23)20(28)14-26-9-3-8-24-26/h3-5,8-9,12,18,21,27H,6-7,10-11,13-15H2,1-2H3/t18-,21+/m0/s1. The highest BCUT2D eigenvalue weighted by Gasteiger charge is 2.52. The van der Waals surface area contributed by atoms with Crippen LogP contribution in [0.1, 0.15) is 44.8 Å². The summed E-state index contributed by atoms with van der Waals surface area (Å²) < 4.78 is 14.5. The van der Waals surface area contributed by atoms with Crippen molar-refractivity contribution in [2.45, 2.75) is 51.4 Å². The Labute approximate surface area is 176 Å². The molecule has 7 nitrogen and oxygen atoms in total. The number of likely N-dealkylation sites (tertiary alicyclic amines) is 1. The van der Waals surface area contributed by atoms with Crippen LogP contribution in [0.5, 0.6) is 11.5 Å². The quantitative estimate of drug-likeness (QED) is 0.822. The third-order valence-electron chi connectivity index (χ3n) is 7.19. The zero-order valence-electron chi connectivity index (χ0n) is 17.6. The van der Waals surface area contributed by atoms with Crippen LogP contribution in [0.2, 0.25) is 0 Å². The zero-order chi connectivity index (χ0) is 20.9. The van der Waals surface area contributed by atoms with Crippen molar-refractivity contribution in [3.05, 3.63) is 42.2 Å². The maximum Gasteiger partial charge on any atom is 0.244 e. The van der Waals surface area contributed by atoms with Gasteiger partial charge in [-0.25, -0.2) is 0 Å². The molecular weight excluding hydrogens is 382 g/mol. The first-order chi connectivity index (χ1) is 14.4. The molecule has 2 aromatic rings. The molecule has 1 N–H and O–H groups in total. The van der Waals surface area contributed by atoms with Crippen molar-refractivity contribution < 1.29 is 19.4 Å². The molecule has 0 aliphatic carbocycles. The molecule has 160 valence electrons. The second-order valence-corrected chi connectivity index (χ2v) is 9.55. The summed E-state index contributed by atoms with van der Waals surface area (Å²) in [6.07, 6.45) is 6.41. The van der Waals surface area contributed by atoms with E-state index in [4.69, 9.17) is 9.47 Å². The summed E-state index contributed by atoms with van der Waals surface area (Å²) in [4.78, 5) is 14.6. The summed E-state index contributed by atoms with van der Waals surface area (Å²) in [5.41, 5.74) is 0.726. The minimum absolute atomic E-state index is 0.0190. The van der Waals surface area contributed by atoms with Crippen LogP contribution in [-0.4, -0.2) is 51.0 Å². The first-order valence-electron chi connectivity index (χ1n) is 10.7. The van der Waals surface area contributed by atoms with E-state index in [1.165, 1.54) is 0 Å². The number of aromatic hydroxyl groups is 1. The number of carbonyl (C=O) groups is 1. The number of nitrogens with zero attached hydrogens (tertiary/aromatic N) is 3. The average molecular weight is 412 g/mol. The zero-order valence-corrected chi connectivity index (χ0v) is 17.6. The summed E-state index contributed by atoms with van der Waals surface area (Å²) in [6, 6.07) is 7.15. The molecule has 30 heavy (non-hydrogen) atoms. The molecule has 2 fully saturated rings. The smallest absolute Gasteiger partial charge is 0.244 e. The lowest BCUT2D eigenvalue weighted by Crippen LogP contribution is -2.54. The van der Waals surface area contributed by atoms with Gasteiger partial charge in [0, 0.05) is 43.0 Å². The molecule has 1 aromatic carbocycles. The SMILES string of the molecule is CC1(C)Oc2cc(O)ccc2[C@H]2OCC3(CCN(C(=O)Cn4cccn4)CC3)C[C@@H]21. The second kappa shape index (κ2) is 7.01. The third-order valence-corrected chi connectivity index (χ3v) is 7.19. The van der Waals surface area contributed by atoms with Gasteiger partial charge >= 0.3 is 0 Å². The molecular formula is C23H29N3O4. The van der Waals surface area contributed by atoms with E-state index >= 15 is 0 Å². The number of ether oxygens (including phenoxy) is 2. The number of benzene rings is 1. The molecule has 4 heterocycles. The van der Waals surface area contributed by atoms with E-state index in [2.05, 4.69) is 18.9 Å². The van der Waals surface area contributed by atoms with E-state index < -0.39 is 0 Å². The number of carbonyl (C=O) groups excluding carboxylic acids is 1. The van der Waals surface area contributed by atoms with Gasteiger partial charge in [-0.1, -0.05) is 0 Å². The lowest BCUT2D eigenvalue weighted by molar-refractivity contribution is -0.176. The van der Waals surface area contributed by atoms with E-state index in [9.17, 15) is 9.90 Å². The number of piperidine rings is 1. The number of aromatic nitrogens is 2. The molecule has 2 atom stereocenters. The number of fused-ring (bicyclic) bond motifs is 3. The van der Waals surface area contributed by atoms with Gasteiger partial charge in [0.15, 0.2) is 0 Å². The van der Waals surface area contributed by atoms with Gasteiger partial charge < -0.3 is 19.5 Å². The van der Waals surface area contributed by atoms with Crippen molar-refractivity contribution >= 4 is 5.91 Å². The summed E-state index contributed by atoms with van der Waals surface area (Å²) in [5, 5.41) is 14.0. The van der Waals surface area contributed by atoms with Crippen LogP contribution < -0.4 is 4.74 Å². The van der Waals surface area contributed by atoms with E-state index in [0.717, 1.165) is 43.7 Å². The van der Waals surface area contributed by atoms with Gasteiger partial charge in [0.2, 0.25) is 5.91 Å². The number of amides is 1. The van der Waals surface area contributed by atoms with Crippen LogP contribution in [0.15, 0.2) is 36.7 Å². The second-order valence-electron chi connectivity index (χ2n) is 9.55. The Hall–Kier alpha value is -2.54. The molecule has 0 saturated carbocycles. The molecule has 0 unspecified atom stereocenters. The Morgan fingerprint density at radius 1 is 1.30 bits per heavy atom. The van der Waals surface area contributed by atoms with Crippen molar-refractivity contribution in [2.24, 2.45) is 11.3 Å². The molecule has 1 spiro atoms. The van der Waals surface area contributed by atoms with Gasteiger partial charge in [0.25, 0.3) is 0 Å². The van der Waals surface area contributed by atoms with Crippen LogP contribution in [-0.2, 0) is 16.1 Å². The Balaban J connectivity index is 1.29. The van der Waals surface area contributed by atoms with E-state index in [0.29, 0.717) is 13.2 Å². The topological polar surface area (TPSA) is 76.8 Å². The molecule has 5 rings (SSSR count). The van der Waals surface area contributed by atoms with E-state index in [1.807, 2.05) is 23.2 Å². The number of phenols is 1. The van der Waals surface area contributed by atoms with E-state index in [-0.39, 0.29) is 34.7 Å². The predicted molar refractivity (Wildman–Crippen MR) is 110 cm³/mol. The Kier molecular flexibility index (Phi) is 4.54. The number of rotatable bonds is 2. The lowest BCUT2D eigenvalue weighted by Gasteiger charge is -2.54. The number of phenolic OH excluding ortho intramolecular Hbond substituents is 1. The highest BCUT2D eigenvalue weighted by atomic mass is 16.5. The maximum atomic E-state index is 12.6. The van der Waals surface area contributed by atoms with Gasteiger partial charge in [-0.2, -0.15) is 5.10 Å². The molecule has 1 aromatic heterocycles. The maximum absolute atomic E-state index is 12.6. The van der Waals surface area contributed by atoms with Gasteiger partial charge in [-0.05, 0) is 56.7 Å². The first kappa shape index (κ1) is 19.4. The molecule has 7 heteroatoms. The van der Waals surface area contributed by atoms with Gasteiger partial charge in [-0.15, -0.1) is 0 Å². The van der Waals surface area contributed by atoms with Crippen molar-refractivity contribution in [1.82, 2.24) is 14.7 Å². The van der Waals surface area contributed by atoms with Crippen molar-refractivity contribution in [1.29, 1.82) is 0 Å². The van der Waals surface area contributed by atoms with Crippen molar-refractivity contribution in [2.75, 3.05) is 19.7 Å². The summed E-state index contributed by atoms with van der Waals surface area (Å²) >= 11 is 0. The van der Waals surface area contributed by atoms with Gasteiger partial charge in [0.05, 0.1) is 12.7 Å². The first-order valence-corrected chi connectivity index (χ1v) is 10.7. The Morgan fingerprint density at radius 2 is 2.10 bits per heavy atom. The minimum atomic E-state index is -0.383. The average Bonchev–Trinajstić information content (AvgIpc) is 3.21. The molecule has 3 aliphatic heterocycles. The highest BCUT2D eigenvalue weighted by Crippen LogP contribution is 2.55. The normalized spacial score (nSPS) is 26.5. The van der Waals surface area contributed by atoms with Crippen molar-refractivity contribution in [3.63, 3.8) is 0 Å². The third kappa shape index (κ3) is 3.35. The monoisotopic (exact) mass is 411 g/mol. The fourth-order valence-corrected chi connectivity index (χ4v) is 5.35.